The van der Waals surface area contributed by atoms with Gasteiger partial charge in [-0.1, -0.05) is 19.1 Å². The van der Waals surface area contributed by atoms with E-state index in [-0.39, 0.29) is 12.5 Å². The first-order valence-electron chi connectivity index (χ1n) is 6.52. The van der Waals surface area contributed by atoms with Crippen LogP contribution in [0.1, 0.15) is 19.4 Å². The van der Waals surface area contributed by atoms with Gasteiger partial charge in [0.1, 0.15) is 5.75 Å². The first kappa shape index (κ1) is 16.0. The molecular weight excluding hydrogens is 258 g/mol. The van der Waals surface area contributed by atoms with Crippen molar-refractivity contribution in [2.45, 2.75) is 26.9 Å². The summed E-state index contributed by atoms with van der Waals surface area (Å²) < 4.78 is 5.58. The number of aryl methyl sites for hydroxylation is 1. The number of aliphatic carboxylic acids is 1. The summed E-state index contributed by atoms with van der Waals surface area (Å²) in [5.74, 6) is -1.13. The van der Waals surface area contributed by atoms with E-state index >= 15 is 0 Å². The number of hydrogen-bond acceptors (Lipinski definition) is 3. The van der Waals surface area contributed by atoms with E-state index in [2.05, 4.69) is 0 Å². The van der Waals surface area contributed by atoms with Gasteiger partial charge < -0.3 is 14.7 Å². The Labute approximate surface area is 119 Å². The van der Waals surface area contributed by atoms with Crippen LogP contribution in [-0.4, -0.2) is 41.6 Å². The number of nitrogens with zero attached hydrogens (tertiary/aromatic N) is 1. The van der Waals surface area contributed by atoms with E-state index in [1.807, 2.05) is 25.1 Å². The molecule has 0 aliphatic carbocycles. The predicted molar refractivity (Wildman–Crippen MR) is 75.7 cm³/mol. The van der Waals surface area contributed by atoms with Gasteiger partial charge in [0.25, 0.3) is 5.91 Å². The smallest absolute Gasteiger partial charge is 0.308 e. The molecule has 5 nitrogen and oxygen atoms in total. The zero-order chi connectivity index (χ0) is 15.3. The molecule has 0 aromatic heterocycles. The number of carbonyl (C=O) groups is 2. The minimum absolute atomic E-state index is 0.162. The molecule has 1 N–H and O–H groups in total. The molecule has 0 bridgehead atoms. The summed E-state index contributed by atoms with van der Waals surface area (Å²) in [5.41, 5.74) is 1.05. The third-order valence-corrected chi connectivity index (χ3v) is 3.00. The average molecular weight is 279 g/mol. The second-order valence-corrected chi connectivity index (χ2v) is 5.03. The summed E-state index contributed by atoms with van der Waals surface area (Å²) in [7, 11) is 1.58. The number of amides is 1. The first-order chi connectivity index (χ1) is 9.31. The third kappa shape index (κ3) is 4.57. The summed E-state index contributed by atoms with van der Waals surface area (Å²) in [6, 6.07) is 7.44. The van der Waals surface area contributed by atoms with Crippen molar-refractivity contribution >= 4 is 11.9 Å². The van der Waals surface area contributed by atoms with Gasteiger partial charge in [0.15, 0.2) is 6.10 Å². The zero-order valence-electron chi connectivity index (χ0n) is 12.3. The fraction of sp³-hybridized carbons (Fsp3) is 0.467. The molecule has 0 radical (unpaired) electrons. The van der Waals surface area contributed by atoms with Gasteiger partial charge in [-0.2, -0.15) is 0 Å². The summed E-state index contributed by atoms with van der Waals surface area (Å²) in [6.45, 7) is 5.33. The number of likely N-dealkylation sites (N-methyl/N-ethyl adjacent to an activating group) is 1. The topological polar surface area (TPSA) is 66.8 Å². The highest BCUT2D eigenvalue weighted by Crippen LogP contribution is 2.15. The highest BCUT2D eigenvalue weighted by molar-refractivity contribution is 5.81. The van der Waals surface area contributed by atoms with Crippen molar-refractivity contribution in [1.29, 1.82) is 0 Å². The maximum Gasteiger partial charge on any atom is 0.308 e. The van der Waals surface area contributed by atoms with Crippen LogP contribution in [0.2, 0.25) is 0 Å². The van der Waals surface area contributed by atoms with Gasteiger partial charge in [-0.3, -0.25) is 9.59 Å². The van der Waals surface area contributed by atoms with E-state index in [0.29, 0.717) is 5.75 Å². The van der Waals surface area contributed by atoms with Crippen molar-refractivity contribution in [2.24, 2.45) is 5.92 Å². The summed E-state index contributed by atoms with van der Waals surface area (Å²) >= 11 is 0. The van der Waals surface area contributed by atoms with Crippen molar-refractivity contribution in [3.8, 4) is 5.75 Å². The van der Waals surface area contributed by atoms with Gasteiger partial charge in [-0.25, -0.2) is 0 Å². The van der Waals surface area contributed by atoms with E-state index < -0.39 is 18.0 Å². The Morgan fingerprint density at radius 3 is 2.55 bits per heavy atom. The number of ether oxygens (including phenoxy) is 1. The molecular formula is C15H21NO4. The van der Waals surface area contributed by atoms with Crippen LogP contribution in [0, 0.1) is 12.8 Å². The molecule has 1 aromatic carbocycles. The van der Waals surface area contributed by atoms with Gasteiger partial charge in [0.2, 0.25) is 0 Å². The van der Waals surface area contributed by atoms with Crippen LogP contribution >= 0.6 is 0 Å². The highest BCUT2D eigenvalue weighted by Gasteiger charge is 2.22. The van der Waals surface area contributed by atoms with Gasteiger partial charge in [-0.15, -0.1) is 0 Å². The minimum Gasteiger partial charge on any atom is -0.481 e. The average Bonchev–Trinajstić information content (AvgIpc) is 2.37. The van der Waals surface area contributed by atoms with E-state index in [9.17, 15) is 9.59 Å². The summed E-state index contributed by atoms with van der Waals surface area (Å²) in [4.78, 5) is 24.3. The molecule has 0 saturated carbocycles. The Morgan fingerprint density at radius 2 is 2.00 bits per heavy atom. The lowest BCUT2D eigenvalue weighted by molar-refractivity contribution is -0.144. The molecule has 1 amide bonds. The lowest BCUT2D eigenvalue weighted by atomic mass is 10.1. The molecule has 2 atom stereocenters. The Kier molecular flexibility index (Phi) is 5.55. The zero-order valence-corrected chi connectivity index (χ0v) is 12.3. The monoisotopic (exact) mass is 279 g/mol. The van der Waals surface area contributed by atoms with Crippen molar-refractivity contribution in [2.75, 3.05) is 13.6 Å². The van der Waals surface area contributed by atoms with Crippen molar-refractivity contribution < 1.29 is 19.4 Å². The van der Waals surface area contributed by atoms with Crippen LogP contribution in [0.4, 0.5) is 0 Å². The van der Waals surface area contributed by atoms with Crippen LogP contribution in [0.5, 0.6) is 5.75 Å². The van der Waals surface area contributed by atoms with Gasteiger partial charge in [0, 0.05) is 13.6 Å². The van der Waals surface area contributed by atoms with Gasteiger partial charge in [-0.05, 0) is 31.5 Å². The maximum absolute atomic E-state index is 12.1. The third-order valence-electron chi connectivity index (χ3n) is 3.00. The second kappa shape index (κ2) is 6.93. The molecule has 0 aliphatic rings. The van der Waals surface area contributed by atoms with E-state index in [0.717, 1.165) is 5.56 Å². The number of hydrogen-bond donors (Lipinski definition) is 1. The lowest BCUT2D eigenvalue weighted by Gasteiger charge is -2.23. The maximum atomic E-state index is 12.1. The fourth-order valence-electron chi connectivity index (χ4n) is 1.83. The van der Waals surface area contributed by atoms with Crippen LogP contribution < -0.4 is 4.74 Å². The molecule has 20 heavy (non-hydrogen) atoms. The fourth-order valence-corrected chi connectivity index (χ4v) is 1.83. The van der Waals surface area contributed by atoms with Gasteiger partial charge >= 0.3 is 5.97 Å². The molecule has 0 saturated heterocycles. The van der Waals surface area contributed by atoms with Gasteiger partial charge in [0.05, 0.1) is 5.92 Å². The lowest BCUT2D eigenvalue weighted by Crippen LogP contribution is -2.41. The molecule has 110 valence electrons. The number of carboxylic acids is 1. The van der Waals surface area contributed by atoms with Crippen molar-refractivity contribution in [3.63, 3.8) is 0 Å². The number of carboxylic acid groups (broad SMARTS) is 1. The van der Waals surface area contributed by atoms with E-state index in [1.165, 1.54) is 4.90 Å². The molecule has 0 heterocycles. The Hall–Kier alpha value is -2.04. The molecule has 0 spiro atoms. The quantitative estimate of drug-likeness (QED) is 0.864. The number of carbonyl (C=O) groups excluding carboxylic acids is 1. The van der Waals surface area contributed by atoms with Crippen molar-refractivity contribution in [1.82, 2.24) is 4.90 Å². The van der Waals surface area contributed by atoms with Crippen LogP contribution in [0.25, 0.3) is 0 Å². The summed E-state index contributed by atoms with van der Waals surface area (Å²) in [5, 5.41) is 8.85. The molecule has 1 aromatic rings. The van der Waals surface area contributed by atoms with Crippen LogP contribution in [0.15, 0.2) is 24.3 Å². The Balaban J connectivity index is 2.60. The number of benzene rings is 1. The standard InChI is InChI=1S/C15H21NO4/c1-10-6-5-7-13(8-10)20-12(3)14(17)16(4)9-11(2)15(18)19/h5-8,11-12H,9H2,1-4H3,(H,18,19). The summed E-state index contributed by atoms with van der Waals surface area (Å²) in [6.07, 6.45) is -0.650. The Bertz CT molecular complexity index is 487. The SMILES string of the molecule is Cc1cccc(OC(C)C(=O)N(C)CC(C)C(=O)O)c1. The first-order valence-corrected chi connectivity index (χ1v) is 6.52. The van der Waals surface area contributed by atoms with E-state index in [4.69, 9.17) is 9.84 Å². The second-order valence-electron chi connectivity index (χ2n) is 5.03. The molecule has 0 aliphatic heterocycles. The largest absolute Gasteiger partial charge is 0.481 e. The highest BCUT2D eigenvalue weighted by atomic mass is 16.5. The van der Waals surface area contributed by atoms with Crippen LogP contribution in [-0.2, 0) is 9.59 Å². The number of rotatable bonds is 6. The predicted octanol–water partition coefficient (Wildman–Crippen LogP) is 1.94. The Morgan fingerprint density at radius 1 is 1.35 bits per heavy atom. The van der Waals surface area contributed by atoms with E-state index in [1.54, 1.807) is 27.0 Å². The minimum atomic E-state index is -0.920. The normalized spacial score (nSPS) is 13.4. The van der Waals surface area contributed by atoms with Crippen molar-refractivity contribution in [3.05, 3.63) is 29.8 Å². The molecule has 5 heteroatoms. The molecule has 0 fully saturated rings. The molecule has 2 unspecified atom stereocenters. The molecule has 1 rings (SSSR count). The van der Waals surface area contributed by atoms with Crippen LogP contribution in [0.3, 0.4) is 0 Å².